The number of anilines is 3. The normalized spacial score (nSPS) is 17.6. The molecule has 35 heavy (non-hydrogen) atoms. The fourth-order valence-corrected chi connectivity index (χ4v) is 4.92. The molecule has 2 aliphatic heterocycles. The minimum Gasteiger partial charge on any atom is -0.377 e. The Bertz CT molecular complexity index is 1170. The summed E-state index contributed by atoms with van der Waals surface area (Å²) in [4.78, 5) is 25.5. The van der Waals surface area contributed by atoms with Gasteiger partial charge in [0.2, 0.25) is 0 Å². The molecule has 1 fully saturated rings. The lowest BCUT2D eigenvalue weighted by molar-refractivity contribution is 0.0988. The summed E-state index contributed by atoms with van der Waals surface area (Å²) in [5, 5.41) is 5.63. The molecule has 3 aromatic rings. The highest BCUT2D eigenvalue weighted by Crippen LogP contribution is 2.37. The smallest absolute Gasteiger partial charge is 0.319 e. The Hall–Kier alpha value is -3.65. The van der Waals surface area contributed by atoms with Crippen molar-refractivity contribution in [1.82, 2.24) is 15.3 Å². The molecule has 8 heteroatoms. The van der Waals surface area contributed by atoms with E-state index in [1.165, 1.54) is 22.4 Å². The van der Waals surface area contributed by atoms with E-state index in [2.05, 4.69) is 61.6 Å². The van der Waals surface area contributed by atoms with Gasteiger partial charge in [-0.15, -0.1) is 0 Å². The number of amides is 2. The van der Waals surface area contributed by atoms with Crippen LogP contribution in [0.25, 0.3) is 11.1 Å². The molecule has 0 bridgehead atoms. The Balaban J connectivity index is 1.49. The van der Waals surface area contributed by atoms with Crippen molar-refractivity contribution in [3.63, 3.8) is 0 Å². The molecule has 182 valence electrons. The Morgan fingerprint density at radius 1 is 1.14 bits per heavy atom. The van der Waals surface area contributed by atoms with Gasteiger partial charge < -0.3 is 25.2 Å². The third kappa shape index (κ3) is 5.07. The molecule has 2 amide bonds. The van der Waals surface area contributed by atoms with Crippen LogP contribution in [0.3, 0.4) is 0 Å². The number of rotatable bonds is 5. The monoisotopic (exact) mass is 472 g/mol. The number of morpholine rings is 1. The molecule has 0 spiro atoms. The average molecular weight is 473 g/mol. The first-order valence-electron chi connectivity index (χ1n) is 12.3. The van der Waals surface area contributed by atoms with E-state index in [0.717, 1.165) is 56.3 Å². The summed E-state index contributed by atoms with van der Waals surface area (Å²) in [6.07, 6.45) is 6.25. The van der Waals surface area contributed by atoms with Gasteiger partial charge in [-0.05, 0) is 66.8 Å². The summed E-state index contributed by atoms with van der Waals surface area (Å²) in [6.45, 7) is 8.81. The molecular weight excluding hydrogens is 440 g/mol. The maximum absolute atomic E-state index is 11.9. The molecular formula is C27H32N6O2. The van der Waals surface area contributed by atoms with Crippen molar-refractivity contribution in [3.05, 3.63) is 66.1 Å². The fraction of sp³-hybridized carbons (Fsp3) is 0.370. The van der Waals surface area contributed by atoms with Crippen molar-refractivity contribution in [2.24, 2.45) is 0 Å². The van der Waals surface area contributed by atoms with Crippen LogP contribution in [0.4, 0.5) is 22.0 Å². The highest BCUT2D eigenvalue weighted by Gasteiger charge is 2.27. The number of nitrogens with one attached hydrogen (secondary N) is 2. The molecule has 0 aliphatic carbocycles. The quantitative estimate of drug-likeness (QED) is 0.583. The van der Waals surface area contributed by atoms with Gasteiger partial charge in [-0.1, -0.05) is 12.1 Å². The summed E-state index contributed by atoms with van der Waals surface area (Å²) in [6, 6.07) is 12.8. The van der Waals surface area contributed by atoms with Gasteiger partial charge in [-0.25, -0.2) is 9.78 Å². The van der Waals surface area contributed by atoms with Crippen molar-refractivity contribution in [1.29, 1.82) is 0 Å². The van der Waals surface area contributed by atoms with E-state index in [4.69, 9.17) is 4.74 Å². The van der Waals surface area contributed by atoms with Gasteiger partial charge in [0.05, 0.1) is 19.4 Å². The van der Waals surface area contributed by atoms with E-state index in [0.29, 0.717) is 12.6 Å². The Morgan fingerprint density at radius 2 is 2.00 bits per heavy atom. The van der Waals surface area contributed by atoms with E-state index in [1.807, 2.05) is 25.3 Å². The first-order valence-corrected chi connectivity index (χ1v) is 12.3. The minimum atomic E-state index is -0.193. The molecule has 8 nitrogen and oxygen atoms in total. The number of hydrogen-bond acceptors (Lipinski definition) is 6. The number of benzene rings is 2. The number of fused-ring (bicyclic) bond motifs is 1. The Labute approximate surface area is 206 Å². The maximum atomic E-state index is 11.9. The molecule has 0 radical (unpaired) electrons. The zero-order valence-electron chi connectivity index (χ0n) is 20.3. The Kier molecular flexibility index (Phi) is 6.81. The topological polar surface area (TPSA) is 82.6 Å². The average Bonchev–Trinajstić information content (AvgIpc) is 2.89. The first kappa shape index (κ1) is 23.1. The molecule has 2 aromatic carbocycles. The molecule has 1 atom stereocenters. The molecule has 1 aromatic heterocycles. The van der Waals surface area contributed by atoms with Gasteiger partial charge in [-0.2, -0.15) is 0 Å². The number of urea groups is 1. The van der Waals surface area contributed by atoms with E-state index >= 15 is 0 Å². The lowest BCUT2D eigenvalue weighted by Crippen LogP contribution is -2.45. The fourth-order valence-electron chi connectivity index (χ4n) is 4.92. The molecule has 5 rings (SSSR count). The summed E-state index contributed by atoms with van der Waals surface area (Å²) in [5.41, 5.74) is 7.09. The van der Waals surface area contributed by atoms with Crippen LogP contribution in [0.1, 0.15) is 25.0 Å². The third-order valence-electron chi connectivity index (χ3n) is 6.68. The van der Waals surface area contributed by atoms with Gasteiger partial charge in [0.25, 0.3) is 0 Å². The summed E-state index contributed by atoms with van der Waals surface area (Å²) in [5.74, 6) is 0.908. The highest BCUT2D eigenvalue weighted by atomic mass is 16.5. The van der Waals surface area contributed by atoms with Crippen molar-refractivity contribution in [2.45, 2.75) is 32.9 Å². The standard InChI is InChI=1S/C27H32N6O2/c1-3-29-27(34)31-23-6-4-20(5-7-23)21-14-22-17-32(26-16-28-9-10-30-26)11-8-24(22)25(15-21)33-12-13-35-18-19(33)2/h4-7,9-10,14-16,19H,3,8,11-13,17-18H2,1-2H3,(H2,29,31,34). The third-order valence-corrected chi connectivity index (χ3v) is 6.68. The van der Waals surface area contributed by atoms with Gasteiger partial charge in [0.15, 0.2) is 0 Å². The number of carbonyl (C=O) groups excluding carboxylic acids is 1. The van der Waals surface area contributed by atoms with E-state index in [9.17, 15) is 4.79 Å². The summed E-state index contributed by atoms with van der Waals surface area (Å²) in [7, 11) is 0. The van der Waals surface area contributed by atoms with Crippen molar-refractivity contribution >= 4 is 23.2 Å². The second kappa shape index (κ2) is 10.3. The molecule has 1 saturated heterocycles. The van der Waals surface area contributed by atoms with Crippen LogP contribution >= 0.6 is 0 Å². The molecule has 1 unspecified atom stereocenters. The number of ether oxygens (including phenoxy) is 1. The van der Waals surface area contributed by atoms with Crippen LogP contribution in [0.15, 0.2) is 55.0 Å². The van der Waals surface area contributed by atoms with E-state index in [-0.39, 0.29) is 6.03 Å². The van der Waals surface area contributed by atoms with Crippen molar-refractivity contribution in [2.75, 3.05) is 48.0 Å². The predicted octanol–water partition coefficient (Wildman–Crippen LogP) is 4.07. The van der Waals surface area contributed by atoms with Crippen LogP contribution in [0.2, 0.25) is 0 Å². The zero-order valence-corrected chi connectivity index (χ0v) is 20.3. The largest absolute Gasteiger partial charge is 0.377 e. The lowest BCUT2D eigenvalue weighted by Gasteiger charge is -2.39. The SMILES string of the molecule is CCNC(=O)Nc1ccc(-c2cc3c(c(N4CCOCC4C)c2)CCN(c2cnccn2)C3)cc1. The summed E-state index contributed by atoms with van der Waals surface area (Å²) >= 11 is 0. The second-order valence-corrected chi connectivity index (χ2v) is 9.05. The molecule has 2 aliphatic rings. The van der Waals surface area contributed by atoms with Gasteiger partial charge in [-0.3, -0.25) is 4.98 Å². The Morgan fingerprint density at radius 3 is 2.74 bits per heavy atom. The zero-order chi connectivity index (χ0) is 24.2. The molecule has 0 saturated carbocycles. The van der Waals surface area contributed by atoms with Gasteiger partial charge in [0.1, 0.15) is 5.82 Å². The second-order valence-electron chi connectivity index (χ2n) is 9.05. The van der Waals surface area contributed by atoms with E-state index in [1.54, 1.807) is 12.4 Å². The highest BCUT2D eigenvalue weighted by molar-refractivity contribution is 5.89. The molecule has 3 heterocycles. The van der Waals surface area contributed by atoms with Crippen LogP contribution in [-0.2, 0) is 17.7 Å². The first-order chi connectivity index (χ1) is 17.1. The predicted molar refractivity (Wildman–Crippen MR) is 139 cm³/mol. The van der Waals surface area contributed by atoms with Crippen molar-refractivity contribution in [3.8, 4) is 11.1 Å². The number of nitrogens with zero attached hydrogens (tertiary/aromatic N) is 4. The van der Waals surface area contributed by atoms with Crippen LogP contribution in [-0.4, -0.2) is 54.9 Å². The van der Waals surface area contributed by atoms with Gasteiger partial charge >= 0.3 is 6.03 Å². The van der Waals surface area contributed by atoms with E-state index < -0.39 is 0 Å². The van der Waals surface area contributed by atoms with Crippen molar-refractivity contribution < 1.29 is 9.53 Å². The maximum Gasteiger partial charge on any atom is 0.319 e. The minimum absolute atomic E-state index is 0.193. The summed E-state index contributed by atoms with van der Waals surface area (Å²) < 4.78 is 5.72. The van der Waals surface area contributed by atoms with Crippen LogP contribution in [0.5, 0.6) is 0 Å². The van der Waals surface area contributed by atoms with Crippen LogP contribution < -0.4 is 20.4 Å². The number of carbonyl (C=O) groups is 1. The number of hydrogen-bond donors (Lipinski definition) is 2. The number of aromatic nitrogens is 2. The van der Waals surface area contributed by atoms with Gasteiger partial charge in [0, 0.05) is 56.0 Å². The van der Waals surface area contributed by atoms with Crippen LogP contribution in [0, 0.1) is 0 Å². The molecule has 2 N–H and O–H groups in total. The lowest BCUT2D eigenvalue weighted by atomic mass is 9.91.